The van der Waals surface area contributed by atoms with Crippen molar-refractivity contribution in [2.45, 2.75) is 77.4 Å². The van der Waals surface area contributed by atoms with Crippen LogP contribution in [0.1, 0.15) is 90.9 Å². The molecule has 2 N–H and O–H groups in total. The summed E-state index contributed by atoms with van der Waals surface area (Å²) >= 11 is 0. The van der Waals surface area contributed by atoms with Gasteiger partial charge in [0.25, 0.3) is 5.91 Å². The zero-order valence-corrected chi connectivity index (χ0v) is 31.5. The maximum Gasteiger partial charge on any atom is 0.416 e. The highest BCUT2D eigenvalue weighted by molar-refractivity contribution is 5.96. The van der Waals surface area contributed by atoms with E-state index in [9.17, 15) is 32.7 Å². The number of nitrogens with one attached hydrogen (secondary N) is 1. The molecular weight excluding hydrogens is 723 g/mol. The topological polar surface area (TPSA) is 135 Å². The molecule has 0 spiro atoms. The third-order valence-electron chi connectivity index (χ3n) is 11.1. The number of carboxylic acids is 1. The second-order valence-corrected chi connectivity index (χ2v) is 14.7. The lowest BCUT2D eigenvalue weighted by Crippen LogP contribution is -2.35. The minimum atomic E-state index is -4.70. The van der Waals surface area contributed by atoms with Crippen LogP contribution in [0.2, 0.25) is 0 Å². The average molecular weight is 770 g/mol. The number of hydrogen-bond acceptors (Lipinski definition) is 7. The zero-order chi connectivity index (χ0) is 39.8. The predicted octanol–water partition coefficient (Wildman–Crippen LogP) is 8.87. The normalized spacial score (nSPS) is 18.4. The highest BCUT2D eigenvalue weighted by Gasteiger charge is 2.34. The maximum absolute atomic E-state index is 13.6. The van der Waals surface area contributed by atoms with Gasteiger partial charge in [-0.25, -0.2) is 15.0 Å². The third-order valence-corrected chi connectivity index (χ3v) is 11.1. The first-order chi connectivity index (χ1) is 26.9. The number of carboxylic acid groups (broad SMARTS) is 1. The van der Waals surface area contributed by atoms with Crippen LogP contribution in [0, 0.1) is 17.8 Å². The van der Waals surface area contributed by atoms with Crippen LogP contribution < -0.4 is 10.1 Å². The maximum atomic E-state index is 13.6. The standard InChI is InChI=1S/C43H46F3N5O5/c1-3-27-4-8-29(9-5-27)30-12-14-31(15-13-30)35-23-48-41(49-24-35)32-10-6-28(7-11-32)25-51(26-40(53)54)42(55)34-17-19-38(47-22-34)50-39(52)20-33-16-18-36(56-2)21-37(33)43(44,45)46/h6-7,10-11,14,16-19,21-24,27,29-30H,3-5,8-9,12-13,15,20,25-26H2,1-2H3,(H,53,54)(H,47,50,52)/t27-,29-,30?. The molecule has 56 heavy (non-hydrogen) atoms. The van der Waals surface area contributed by atoms with Crippen LogP contribution in [0.5, 0.6) is 5.75 Å². The molecule has 6 rings (SSSR count). The molecule has 2 heterocycles. The SMILES string of the molecule is CC[C@H]1CC[C@H](C2CC=C(c3cnc(-c4ccc(CN(CC(=O)O)C(=O)c5ccc(NC(=O)Cc6ccc(OC)cc6C(F)(F)F)nc5)cc4)nc3)CC2)CC1. The van der Waals surface area contributed by atoms with Gasteiger partial charge >= 0.3 is 12.1 Å². The van der Waals surface area contributed by atoms with Crippen molar-refractivity contribution in [3.63, 3.8) is 0 Å². The van der Waals surface area contributed by atoms with Crippen molar-refractivity contribution in [1.29, 1.82) is 0 Å². The van der Waals surface area contributed by atoms with Gasteiger partial charge in [0.15, 0.2) is 5.82 Å². The number of methoxy groups -OCH3 is 1. The van der Waals surface area contributed by atoms with Crippen LogP contribution in [-0.4, -0.2) is 56.4 Å². The summed E-state index contributed by atoms with van der Waals surface area (Å²) in [5.74, 6) is 0.533. The zero-order valence-electron chi connectivity index (χ0n) is 31.5. The molecule has 2 aromatic heterocycles. The number of hydrogen-bond donors (Lipinski definition) is 2. The summed E-state index contributed by atoms with van der Waals surface area (Å²) in [6.45, 7) is 1.72. The summed E-state index contributed by atoms with van der Waals surface area (Å²) in [7, 11) is 1.25. The minimum Gasteiger partial charge on any atom is -0.497 e. The van der Waals surface area contributed by atoms with Gasteiger partial charge < -0.3 is 20.1 Å². The lowest BCUT2D eigenvalue weighted by atomic mass is 9.71. The number of allylic oxidation sites excluding steroid dienone is 2. The fraction of sp³-hybridized carbons (Fsp3) is 0.395. The van der Waals surface area contributed by atoms with Crippen molar-refractivity contribution in [2.75, 3.05) is 19.0 Å². The van der Waals surface area contributed by atoms with E-state index in [4.69, 9.17) is 4.74 Å². The van der Waals surface area contributed by atoms with Gasteiger partial charge in [0.2, 0.25) is 5.91 Å². The Hall–Kier alpha value is -5.59. The number of ether oxygens (including phenoxy) is 1. The van der Waals surface area contributed by atoms with Gasteiger partial charge in [-0.1, -0.05) is 62.6 Å². The van der Waals surface area contributed by atoms with E-state index in [1.165, 1.54) is 81.7 Å². The number of amides is 2. The number of nitrogens with zero attached hydrogens (tertiary/aromatic N) is 4. The molecule has 1 saturated carbocycles. The Morgan fingerprint density at radius 2 is 1.62 bits per heavy atom. The molecule has 4 aromatic rings. The van der Waals surface area contributed by atoms with E-state index in [2.05, 4.69) is 33.3 Å². The number of alkyl halides is 3. The molecular formula is C43H46F3N5O5. The number of aliphatic carboxylic acids is 1. The van der Waals surface area contributed by atoms with Gasteiger partial charge in [-0.3, -0.25) is 14.4 Å². The first-order valence-corrected chi connectivity index (χ1v) is 19.0. The van der Waals surface area contributed by atoms with E-state index in [0.717, 1.165) is 52.7 Å². The average Bonchev–Trinajstić information content (AvgIpc) is 3.20. The summed E-state index contributed by atoms with van der Waals surface area (Å²) in [5, 5.41) is 12.0. The van der Waals surface area contributed by atoms with E-state index in [0.29, 0.717) is 11.4 Å². The van der Waals surface area contributed by atoms with E-state index in [1.54, 1.807) is 12.1 Å². The van der Waals surface area contributed by atoms with Gasteiger partial charge in [-0.15, -0.1) is 0 Å². The van der Waals surface area contributed by atoms with Crippen molar-refractivity contribution in [3.8, 4) is 17.1 Å². The van der Waals surface area contributed by atoms with Crippen molar-refractivity contribution in [2.24, 2.45) is 17.8 Å². The van der Waals surface area contributed by atoms with Crippen LogP contribution >= 0.6 is 0 Å². The van der Waals surface area contributed by atoms with Gasteiger partial charge in [0.1, 0.15) is 18.1 Å². The fourth-order valence-electron chi connectivity index (χ4n) is 7.84. The third kappa shape index (κ3) is 10.2. The van der Waals surface area contributed by atoms with Gasteiger partial charge in [-0.2, -0.15) is 13.2 Å². The summed E-state index contributed by atoms with van der Waals surface area (Å²) in [6.07, 6.45) is 12.2. The Bertz CT molecular complexity index is 2030. The minimum absolute atomic E-state index is 0.00676. The van der Waals surface area contributed by atoms with Gasteiger partial charge in [-0.05, 0) is 90.8 Å². The summed E-state index contributed by atoms with van der Waals surface area (Å²) in [6, 6.07) is 13.2. The van der Waals surface area contributed by atoms with Crippen molar-refractivity contribution >= 4 is 29.2 Å². The first-order valence-electron chi connectivity index (χ1n) is 19.0. The molecule has 0 saturated heterocycles. The number of pyridine rings is 1. The Morgan fingerprint density at radius 3 is 2.21 bits per heavy atom. The fourth-order valence-corrected chi connectivity index (χ4v) is 7.84. The molecule has 2 aliphatic carbocycles. The van der Waals surface area contributed by atoms with Crippen molar-refractivity contribution < 1.29 is 37.4 Å². The molecule has 13 heteroatoms. The lowest BCUT2D eigenvalue weighted by molar-refractivity contribution is -0.139. The lowest BCUT2D eigenvalue weighted by Gasteiger charge is -2.35. The number of anilines is 1. The van der Waals surface area contributed by atoms with E-state index < -0.39 is 42.5 Å². The molecule has 0 bridgehead atoms. The molecule has 1 unspecified atom stereocenters. The number of benzene rings is 2. The van der Waals surface area contributed by atoms with Crippen molar-refractivity contribution in [3.05, 3.63) is 107 Å². The quantitative estimate of drug-likeness (QED) is 0.138. The van der Waals surface area contributed by atoms with E-state index in [1.807, 2.05) is 24.5 Å². The molecule has 0 aliphatic heterocycles. The largest absolute Gasteiger partial charge is 0.497 e. The van der Waals surface area contributed by atoms with Gasteiger partial charge in [0, 0.05) is 36.3 Å². The van der Waals surface area contributed by atoms with Crippen LogP contribution in [-0.2, 0) is 28.7 Å². The highest BCUT2D eigenvalue weighted by Crippen LogP contribution is 2.42. The molecule has 10 nitrogen and oxygen atoms in total. The van der Waals surface area contributed by atoms with Crippen molar-refractivity contribution in [1.82, 2.24) is 19.9 Å². The molecule has 2 amide bonds. The Labute approximate surface area is 324 Å². The molecule has 2 aromatic carbocycles. The van der Waals surface area contributed by atoms with Crippen LogP contribution in [0.25, 0.3) is 17.0 Å². The van der Waals surface area contributed by atoms with Crippen LogP contribution in [0.15, 0.2) is 79.3 Å². The Kier molecular flexibility index (Phi) is 12.8. The summed E-state index contributed by atoms with van der Waals surface area (Å²) in [5.41, 5.74) is 2.63. The number of carbonyl (C=O) groups is 3. The second-order valence-electron chi connectivity index (χ2n) is 14.7. The molecule has 0 radical (unpaired) electrons. The smallest absolute Gasteiger partial charge is 0.416 e. The second kappa shape index (κ2) is 17.9. The van der Waals surface area contributed by atoms with Crippen LogP contribution in [0.4, 0.5) is 19.0 Å². The molecule has 2 aliphatic rings. The Morgan fingerprint density at radius 1 is 0.893 bits per heavy atom. The highest BCUT2D eigenvalue weighted by atomic mass is 19.4. The first kappa shape index (κ1) is 40.1. The molecule has 1 atom stereocenters. The number of halogens is 3. The Balaban J connectivity index is 1.04. The molecule has 1 fully saturated rings. The van der Waals surface area contributed by atoms with E-state index >= 15 is 0 Å². The monoisotopic (exact) mass is 769 g/mol. The number of rotatable bonds is 13. The number of aromatic nitrogens is 3. The van der Waals surface area contributed by atoms with E-state index in [-0.39, 0.29) is 29.2 Å². The summed E-state index contributed by atoms with van der Waals surface area (Å²) < 4.78 is 45.6. The molecule has 294 valence electrons. The summed E-state index contributed by atoms with van der Waals surface area (Å²) in [4.78, 5) is 52.3. The van der Waals surface area contributed by atoms with Gasteiger partial charge in [0.05, 0.1) is 24.7 Å². The number of carbonyl (C=O) groups excluding carboxylic acids is 2. The van der Waals surface area contributed by atoms with Crippen LogP contribution in [0.3, 0.4) is 0 Å². The predicted molar refractivity (Wildman–Crippen MR) is 205 cm³/mol.